The highest BCUT2D eigenvalue weighted by molar-refractivity contribution is 5.89. The Morgan fingerprint density at radius 2 is 2.04 bits per heavy atom. The summed E-state index contributed by atoms with van der Waals surface area (Å²) < 4.78 is 13.7. The fourth-order valence-corrected chi connectivity index (χ4v) is 3.32. The molecule has 0 aliphatic carbocycles. The third-order valence-corrected chi connectivity index (χ3v) is 4.57. The normalized spacial score (nSPS) is 17.2. The Morgan fingerprint density at radius 1 is 1.12 bits per heavy atom. The summed E-state index contributed by atoms with van der Waals surface area (Å²) >= 11 is 0. The number of aryl methyl sites for hydroxylation is 1. The molecule has 2 aromatic rings. The molecule has 1 aromatic heterocycles. The van der Waals surface area contributed by atoms with Crippen LogP contribution in [0.4, 0.5) is 0 Å². The van der Waals surface area contributed by atoms with Crippen molar-refractivity contribution in [2.24, 2.45) is 0 Å². The molecule has 3 heterocycles. The fourth-order valence-electron chi connectivity index (χ4n) is 3.32. The highest BCUT2D eigenvalue weighted by Gasteiger charge is 2.19. The summed E-state index contributed by atoms with van der Waals surface area (Å²) in [4.78, 5) is 0. The fraction of sp³-hybridized carbons (Fsp3) is 0.421. The number of benzene rings is 1. The van der Waals surface area contributed by atoms with Crippen molar-refractivity contribution in [3.8, 4) is 17.6 Å². The first-order valence-electron chi connectivity index (χ1n) is 8.79. The SMILES string of the molecule is N#C/C(=C\c1cccc2c1OCCCO2)c1nnc2n1CCCCC2. The third-order valence-electron chi connectivity index (χ3n) is 4.57. The van der Waals surface area contributed by atoms with Crippen LogP contribution in [-0.2, 0) is 13.0 Å². The lowest BCUT2D eigenvalue weighted by Gasteiger charge is -2.10. The second-order valence-corrected chi connectivity index (χ2v) is 6.30. The Morgan fingerprint density at radius 3 is 2.96 bits per heavy atom. The predicted octanol–water partition coefficient (Wildman–Crippen LogP) is 3.23. The molecule has 6 heteroatoms. The van der Waals surface area contributed by atoms with Crippen LogP contribution < -0.4 is 9.47 Å². The molecular formula is C19H20N4O2. The molecule has 0 unspecified atom stereocenters. The quantitative estimate of drug-likeness (QED) is 0.787. The molecular weight excluding hydrogens is 316 g/mol. The standard InChI is InChI=1S/C19H20N4O2/c20-13-15(19-22-21-17-8-2-1-3-9-23(17)19)12-14-6-4-7-16-18(14)25-11-5-10-24-16/h4,6-7,12H,1-3,5,8-11H2/b15-12+. The second-order valence-electron chi connectivity index (χ2n) is 6.30. The van der Waals surface area contributed by atoms with E-state index in [9.17, 15) is 5.26 Å². The number of hydrogen-bond acceptors (Lipinski definition) is 5. The molecule has 2 aliphatic rings. The van der Waals surface area contributed by atoms with Gasteiger partial charge in [0, 0.05) is 24.9 Å². The summed E-state index contributed by atoms with van der Waals surface area (Å²) in [6, 6.07) is 8.03. The van der Waals surface area contributed by atoms with Crippen molar-refractivity contribution in [1.82, 2.24) is 14.8 Å². The Bertz CT molecular complexity index is 848. The molecule has 0 spiro atoms. The first-order chi connectivity index (χ1) is 12.4. The number of aromatic nitrogens is 3. The smallest absolute Gasteiger partial charge is 0.174 e. The zero-order chi connectivity index (χ0) is 17.1. The van der Waals surface area contributed by atoms with Gasteiger partial charge in [-0.3, -0.25) is 0 Å². The first kappa shape index (κ1) is 15.7. The van der Waals surface area contributed by atoms with E-state index in [-0.39, 0.29) is 0 Å². The summed E-state index contributed by atoms with van der Waals surface area (Å²) in [7, 11) is 0. The van der Waals surface area contributed by atoms with Crippen molar-refractivity contribution in [3.63, 3.8) is 0 Å². The van der Waals surface area contributed by atoms with E-state index in [4.69, 9.17) is 9.47 Å². The van der Waals surface area contributed by atoms with Crippen molar-refractivity contribution in [2.45, 2.75) is 38.6 Å². The average molecular weight is 336 g/mol. The number of allylic oxidation sites excluding steroid dienone is 1. The van der Waals surface area contributed by atoms with Gasteiger partial charge in [0.25, 0.3) is 0 Å². The van der Waals surface area contributed by atoms with E-state index in [1.807, 2.05) is 24.3 Å². The van der Waals surface area contributed by atoms with Gasteiger partial charge in [-0.25, -0.2) is 0 Å². The zero-order valence-corrected chi connectivity index (χ0v) is 14.1. The second kappa shape index (κ2) is 6.98. The van der Waals surface area contributed by atoms with Crippen molar-refractivity contribution < 1.29 is 9.47 Å². The molecule has 2 aliphatic heterocycles. The van der Waals surface area contributed by atoms with Crippen LogP contribution >= 0.6 is 0 Å². The lowest BCUT2D eigenvalue weighted by Crippen LogP contribution is -2.05. The largest absolute Gasteiger partial charge is 0.490 e. The van der Waals surface area contributed by atoms with E-state index >= 15 is 0 Å². The van der Waals surface area contributed by atoms with E-state index in [2.05, 4.69) is 20.8 Å². The summed E-state index contributed by atoms with van der Waals surface area (Å²) in [6.07, 6.45) is 7.00. The summed E-state index contributed by atoms with van der Waals surface area (Å²) in [5.74, 6) is 3.04. The Balaban J connectivity index is 1.76. The molecule has 0 atom stereocenters. The topological polar surface area (TPSA) is 73.0 Å². The van der Waals surface area contributed by atoms with E-state index in [1.54, 1.807) is 0 Å². The van der Waals surface area contributed by atoms with Gasteiger partial charge in [-0.15, -0.1) is 10.2 Å². The van der Waals surface area contributed by atoms with Gasteiger partial charge in [-0.05, 0) is 25.0 Å². The lowest BCUT2D eigenvalue weighted by molar-refractivity contribution is 0.296. The summed E-state index contributed by atoms with van der Waals surface area (Å²) in [6.45, 7) is 2.12. The highest BCUT2D eigenvalue weighted by atomic mass is 16.5. The molecule has 0 amide bonds. The average Bonchev–Trinajstić information content (AvgIpc) is 2.83. The molecule has 0 N–H and O–H groups in total. The molecule has 1 aromatic carbocycles. The maximum atomic E-state index is 9.72. The first-order valence-corrected chi connectivity index (χ1v) is 8.79. The van der Waals surface area contributed by atoms with E-state index in [1.165, 1.54) is 6.42 Å². The number of fused-ring (bicyclic) bond motifs is 2. The van der Waals surface area contributed by atoms with Gasteiger partial charge >= 0.3 is 0 Å². The Hall–Kier alpha value is -2.81. The van der Waals surface area contributed by atoms with Crippen LogP contribution in [0.1, 0.15) is 42.9 Å². The maximum Gasteiger partial charge on any atom is 0.174 e. The van der Waals surface area contributed by atoms with Crippen LogP contribution in [0, 0.1) is 11.3 Å². The molecule has 4 rings (SSSR count). The van der Waals surface area contributed by atoms with Crippen LogP contribution in [0.2, 0.25) is 0 Å². The molecule has 0 radical (unpaired) electrons. The van der Waals surface area contributed by atoms with Crippen LogP contribution in [-0.4, -0.2) is 28.0 Å². The van der Waals surface area contributed by atoms with Gasteiger partial charge in [-0.2, -0.15) is 5.26 Å². The predicted molar refractivity (Wildman–Crippen MR) is 93.1 cm³/mol. The summed E-state index contributed by atoms with van der Waals surface area (Å²) in [5, 5.41) is 18.3. The van der Waals surface area contributed by atoms with Crippen molar-refractivity contribution >= 4 is 11.6 Å². The van der Waals surface area contributed by atoms with Crippen LogP contribution in [0.5, 0.6) is 11.5 Å². The van der Waals surface area contributed by atoms with Crippen LogP contribution in [0.15, 0.2) is 18.2 Å². The monoisotopic (exact) mass is 336 g/mol. The lowest BCUT2D eigenvalue weighted by atomic mass is 10.1. The van der Waals surface area contributed by atoms with Crippen molar-refractivity contribution in [3.05, 3.63) is 35.4 Å². The minimum atomic E-state index is 0.502. The Labute approximate surface area is 146 Å². The molecule has 0 bridgehead atoms. The van der Waals surface area contributed by atoms with E-state index in [0.717, 1.165) is 49.4 Å². The third kappa shape index (κ3) is 3.10. The molecule has 128 valence electrons. The maximum absolute atomic E-state index is 9.72. The van der Waals surface area contributed by atoms with E-state index in [0.29, 0.717) is 30.4 Å². The number of hydrogen-bond donors (Lipinski definition) is 0. The molecule has 25 heavy (non-hydrogen) atoms. The molecule has 0 fully saturated rings. The zero-order valence-electron chi connectivity index (χ0n) is 14.1. The number of nitriles is 1. The van der Waals surface area contributed by atoms with Crippen molar-refractivity contribution in [1.29, 1.82) is 5.26 Å². The van der Waals surface area contributed by atoms with Crippen molar-refractivity contribution in [2.75, 3.05) is 13.2 Å². The van der Waals surface area contributed by atoms with Crippen LogP contribution in [0.3, 0.4) is 0 Å². The minimum absolute atomic E-state index is 0.502. The van der Waals surface area contributed by atoms with Crippen LogP contribution in [0.25, 0.3) is 11.6 Å². The van der Waals surface area contributed by atoms with Gasteiger partial charge in [0.1, 0.15) is 11.9 Å². The number of rotatable bonds is 2. The Kier molecular flexibility index (Phi) is 4.38. The molecule has 6 nitrogen and oxygen atoms in total. The van der Waals surface area contributed by atoms with E-state index < -0.39 is 0 Å². The van der Waals surface area contributed by atoms with Gasteiger partial charge in [0.15, 0.2) is 17.3 Å². The van der Waals surface area contributed by atoms with Gasteiger partial charge in [0.05, 0.1) is 18.8 Å². The van der Waals surface area contributed by atoms with Gasteiger partial charge in [-0.1, -0.05) is 18.6 Å². The van der Waals surface area contributed by atoms with Gasteiger partial charge < -0.3 is 14.0 Å². The number of para-hydroxylation sites is 1. The highest BCUT2D eigenvalue weighted by Crippen LogP contribution is 2.35. The number of ether oxygens (including phenoxy) is 2. The minimum Gasteiger partial charge on any atom is -0.490 e. The molecule has 0 saturated carbocycles. The summed E-state index contributed by atoms with van der Waals surface area (Å²) in [5.41, 5.74) is 1.34. The molecule has 0 saturated heterocycles. The number of nitrogens with zero attached hydrogens (tertiary/aromatic N) is 4. The van der Waals surface area contributed by atoms with Gasteiger partial charge in [0.2, 0.25) is 0 Å².